The highest BCUT2D eigenvalue weighted by Crippen LogP contribution is 2.62. The van der Waals surface area contributed by atoms with Crippen LogP contribution in [0.5, 0.6) is 28.7 Å². The van der Waals surface area contributed by atoms with Crippen LogP contribution in [0.25, 0.3) is 0 Å². The van der Waals surface area contributed by atoms with Crippen LogP contribution in [0.1, 0.15) is 67.6 Å². The summed E-state index contributed by atoms with van der Waals surface area (Å²) in [6.45, 7) is 4.32. The van der Waals surface area contributed by atoms with E-state index < -0.39 is 28.8 Å². The zero-order valence-electron chi connectivity index (χ0n) is 35.5. The van der Waals surface area contributed by atoms with E-state index in [4.69, 9.17) is 33.7 Å². The van der Waals surface area contributed by atoms with Crippen molar-refractivity contribution in [3.63, 3.8) is 0 Å². The number of nitro groups is 1. The maximum atomic E-state index is 15.1. The third-order valence-corrected chi connectivity index (χ3v) is 12.6. The van der Waals surface area contributed by atoms with Crippen molar-refractivity contribution in [3.8, 4) is 28.7 Å². The average Bonchev–Trinajstić information content (AvgIpc) is 3.78. The number of allylic oxidation sites excluding steroid dienone is 1. The number of non-ortho nitro benzene ring substituents is 1. The summed E-state index contributed by atoms with van der Waals surface area (Å²) in [5.41, 5.74) is 3.59. The Morgan fingerprint density at radius 2 is 1.67 bits per heavy atom. The molecule has 1 fully saturated rings. The molecule has 4 aromatic rings. The number of amides is 1. The highest BCUT2D eigenvalue weighted by atomic mass is 16.7. The topological polar surface area (TPSA) is 192 Å². The lowest BCUT2D eigenvalue weighted by Gasteiger charge is -2.59. The van der Waals surface area contributed by atoms with Gasteiger partial charge in [-0.3, -0.25) is 15.0 Å². The molecule has 0 saturated heterocycles. The van der Waals surface area contributed by atoms with Gasteiger partial charge in [-0.15, -0.1) is 6.58 Å². The van der Waals surface area contributed by atoms with E-state index in [2.05, 4.69) is 12.7 Å². The lowest BCUT2D eigenvalue weighted by atomic mass is 9.55. The second kappa shape index (κ2) is 20.0. The van der Waals surface area contributed by atoms with Gasteiger partial charge in [-0.1, -0.05) is 66.5 Å². The van der Waals surface area contributed by atoms with E-state index in [0.29, 0.717) is 47.8 Å². The minimum Gasteiger partial charge on any atom is -0.508 e. The van der Waals surface area contributed by atoms with E-state index in [0.717, 1.165) is 36.0 Å². The summed E-state index contributed by atoms with van der Waals surface area (Å²) < 4.78 is 31.7. The van der Waals surface area contributed by atoms with E-state index in [1.165, 1.54) is 24.3 Å². The molecule has 2 aliphatic heterocycles. The minimum absolute atomic E-state index is 0.0143. The molecule has 0 spiro atoms. The van der Waals surface area contributed by atoms with Crippen LogP contribution in [-0.2, 0) is 22.7 Å². The molecule has 2 heterocycles. The van der Waals surface area contributed by atoms with Gasteiger partial charge in [-0.05, 0) is 96.7 Å². The first kappa shape index (κ1) is 44.2. The van der Waals surface area contributed by atoms with Crippen LogP contribution < -0.4 is 18.9 Å². The van der Waals surface area contributed by atoms with E-state index >= 15 is 4.79 Å². The third-order valence-electron chi connectivity index (χ3n) is 12.6. The van der Waals surface area contributed by atoms with Crippen LogP contribution >= 0.6 is 0 Å². The van der Waals surface area contributed by atoms with E-state index in [1.54, 1.807) is 41.3 Å². The van der Waals surface area contributed by atoms with Gasteiger partial charge in [-0.25, -0.2) is 4.79 Å². The highest BCUT2D eigenvalue weighted by molar-refractivity contribution is 6.03. The fraction of sp³-hybridized carbons (Fsp3) is 0.388. The molecular weight excluding hydrogens is 823 g/mol. The fourth-order valence-corrected chi connectivity index (χ4v) is 9.75. The van der Waals surface area contributed by atoms with Crippen molar-refractivity contribution in [2.75, 3.05) is 26.6 Å². The number of rotatable bonds is 19. The normalized spacial score (nSPS) is 23.2. The number of benzene rings is 4. The molecule has 6 atom stereocenters. The molecule has 0 unspecified atom stereocenters. The highest BCUT2D eigenvalue weighted by Gasteiger charge is 2.65. The van der Waals surface area contributed by atoms with Gasteiger partial charge < -0.3 is 43.8 Å². The first-order chi connectivity index (χ1) is 31.2. The van der Waals surface area contributed by atoms with Crippen LogP contribution in [0, 0.1) is 27.9 Å². The van der Waals surface area contributed by atoms with Crippen molar-refractivity contribution >= 4 is 17.5 Å². The molecule has 15 heteroatoms. The number of carbonyl (C=O) groups excluding carboxylic acids is 1. The van der Waals surface area contributed by atoms with E-state index in [9.17, 15) is 25.4 Å². The van der Waals surface area contributed by atoms with Crippen molar-refractivity contribution in [3.05, 3.63) is 142 Å². The van der Waals surface area contributed by atoms with Gasteiger partial charge in [0.1, 0.15) is 29.9 Å². The maximum absolute atomic E-state index is 15.1. The molecule has 1 amide bonds. The summed E-state index contributed by atoms with van der Waals surface area (Å²) in [5, 5.41) is 47.3. The molecule has 15 nitrogen and oxygen atoms in total. The number of hydrogen-bond acceptors (Lipinski definition) is 13. The van der Waals surface area contributed by atoms with Crippen molar-refractivity contribution in [1.82, 2.24) is 4.90 Å². The summed E-state index contributed by atoms with van der Waals surface area (Å²) in [5.74, 6) is -1.00. The molecule has 0 radical (unpaired) electrons. The number of aliphatic hydroxyl groups excluding tert-OH is 2. The zero-order valence-corrected chi connectivity index (χ0v) is 35.5. The molecule has 0 aromatic heterocycles. The summed E-state index contributed by atoms with van der Waals surface area (Å²) in [6, 6.07) is 24.4. The molecule has 3 N–H and O–H groups in total. The lowest BCUT2D eigenvalue weighted by molar-refractivity contribution is -0.384. The number of hydrogen-bond donors (Lipinski definition) is 3. The Morgan fingerprint density at radius 3 is 2.42 bits per heavy atom. The molecule has 2 aliphatic carbocycles. The summed E-state index contributed by atoms with van der Waals surface area (Å²) >= 11 is 0. The van der Waals surface area contributed by atoms with Crippen LogP contribution in [0.2, 0.25) is 0 Å². The average molecular weight is 876 g/mol. The zero-order chi connectivity index (χ0) is 44.6. The van der Waals surface area contributed by atoms with Gasteiger partial charge in [-0.2, -0.15) is 0 Å². The van der Waals surface area contributed by atoms with Gasteiger partial charge in [0, 0.05) is 49.8 Å². The second-order valence-corrected chi connectivity index (χ2v) is 16.5. The Kier molecular flexibility index (Phi) is 13.8. The standard InChI is InChI=1S/C49H53N3O12/c1-2-24-61-49-45(51(29-33-14-20-43-44(25-33)60-31-59-43)48(56)63-37-18-15-35(16-19-37)52(57)58)28-41(50-62-30-32-10-4-3-5-11-32)39-26-34(12-6-8-22-53)38(13-7-9-23-54)46(47(39)49)40-27-36(55)17-21-42(40)64-49/h2-5,10-11,14-21,25-27,34,38,45-47,53-55H,1,6-9,12-13,22-24,28-31H2/t34-,38+,45-,46+,47+,49+/m0/s1. The number of aliphatic hydroxyl groups is 2. The number of unbranched alkanes of at least 4 members (excludes halogenated alkanes) is 2. The van der Waals surface area contributed by atoms with Crippen LogP contribution in [0.4, 0.5) is 10.5 Å². The van der Waals surface area contributed by atoms with Gasteiger partial charge in [0.25, 0.3) is 5.69 Å². The molecule has 0 bridgehead atoms. The third kappa shape index (κ3) is 9.28. The Bertz CT molecular complexity index is 2350. The molecule has 8 rings (SSSR count). The first-order valence-corrected chi connectivity index (χ1v) is 21.8. The van der Waals surface area contributed by atoms with Crippen LogP contribution in [0.15, 0.2) is 120 Å². The second-order valence-electron chi connectivity index (χ2n) is 16.5. The monoisotopic (exact) mass is 875 g/mol. The Labute approximate surface area is 371 Å². The number of ether oxygens (including phenoxy) is 5. The summed E-state index contributed by atoms with van der Waals surface area (Å²) in [4.78, 5) is 33.8. The van der Waals surface area contributed by atoms with Crippen molar-refractivity contribution < 1.29 is 53.6 Å². The van der Waals surface area contributed by atoms with Crippen molar-refractivity contribution in [2.45, 2.75) is 75.8 Å². The molecule has 4 aromatic carbocycles. The number of phenols is 1. The van der Waals surface area contributed by atoms with Gasteiger partial charge in [0.05, 0.1) is 23.2 Å². The number of carbonyl (C=O) groups is 1. The fourth-order valence-electron chi connectivity index (χ4n) is 9.75. The van der Waals surface area contributed by atoms with Crippen LogP contribution in [-0.4, -0.2) is 75.4 Å². The van der Waals surface area contributed by atoms with Crippen molar-refractivity contribution in [2.24, 2.45) is 22.9 Å². The molecule has 64 heavy (non-hydrogen) atoms. The largest absolute Gasteiger partial charge is 0.508 e. The number of phenolic OH excluding ortho intramolecular Hbond substituents is 1. The smallest absolute Gasteiger partial charge is 0.416 e. The Hall–Kier alpha value is -6.42. The predicted molar refractivity (Wildman–Crippen MR) is 235 cm³/mol. The minimum atomic E-state index is -1.62. The van der Waals surface area contributed by atoms with E-state index in [1.807, 2.05) is 36.4 Å². The first-order valence-electron chi connectivity index (χ1n) is 21.8. The maximum Gasteiger partial charge on any atom is 0.416 e. The molecule has 336 valence electrons. The van der Waals surface area contributed by atoms with Gasteiger partial charge in [0.15, 0.2) is 11.5 Å². The molecule has 1 saturated carbocycles. The quantitative estimate of drug-likeness (QED) is 0.0353. The van der Waals surface area contributed by atoms with Crippen LogP contribution in [0.3, 0.4) is 0 Å². The van der Waals surface area contributed by atoms with Gasteiger partial charge >= 0.3 is 6.09 Å². The molecule has 4 aliphatic rings. The number of fused-ring (bicyclic) bond motifs is 3. The predicted octanol–water partition coefficient (Wildman–Crippen LogP) is 8.56. The number of nitrogens with zero attached hydrogens (tertiary/aromatic N) is 3. The molecular formula is C49H53N3O12. The summed E-state index contributed by atoms with van der Waals surface area (Å²) in [7, 11) is 0. The van der Waals surface area contributed by atoms with Crippen molar-refractivity contribution in [1.29, 1.82) is 0 Å². The van der Waals surface area contributed by atoms with E-state index in [-0.39, 0.29) is 81.1 Å². The Balaban J connectivity index is 1.32. The summed E-state index contributed by atoms with van der Waals surface area (Å²) in [6.07, 6.45) is 7.33. The number of oxime groups is 1. The number of aromatic hydroxyl groups is 1. The number of nitro benzene ring substituents is 1. The van der Waals surface area contributed by atoms with Gasteiger partial charge in [0.2, 0.25) is 12.6 Å². The Morgan fingerprint density at radius 1 is 0.922 bits per heavy atom. The SMILES string of the molecule is C=CCO[C@@]12Oc3ccc(O)cc3[C@H]3[C@H](CCCCO)[C@@H](CCCCO)C=C(C(=NOCc4ccccc4)C[C@@H]1N(Cc1ccc4c(c1)OCO4)C(=O)Oc1ccc([N+](=O)[O-])cc1)[C@H]32. The lowest BCUT2D eigenvalue weighted by Crippen LogP contribution is -2.70.